The molecule has 0 spiro atoms. The van der Waals surface area contributed by atoms with Gasteiger partial charge in [0.1, 0.15) is 0 Å². The second-order valence-corrected chi connectivity index (χ2v) is 7.41. The average molecular weight is 377 g/mol. The van der Waals surface area contributed by atoms with Crippen molar-refractivity contribution in [3.8, 4) is 0 Å². The Bertz CT molecular complexity index is 553. The molecule has 0 aliphatic carbocycles. The van der Waals surface area contributed by atoms with E-state index in [4.69, 9.17) is 5.73 Å². The van der Waals surface area contributed by atoms with Crippen LogP contribution in [0.4, 0.5) is 0 Å². The van der Waals surface area contributed by atoms with E-state index >= 15 is 0 Å². The van der Waals surface area contributed by atoms with Crippen LogP contribution in [0.15, 0.2) is 36.4 Å². The minimum atomic E-state index is 0.0990. The quantitative estimate of drug-likeness (QED) is 0.789. The summed E-state index contributed by atoms with van der Waals surface area (Å²) in [5, 5.41) is 3.21. The Morgan fingerprint density at radius 1 is 1.16 bits per heavy atom. The van der Waals surface area contributed by atoms with Crippen LogP contribution in [0.2, 0.25) is 4.44 Å². The predicted octanol–water partition coefficient (Wildman–Crippen LogP) is 4.24. The van der Waals surface area contributed by atoms with Crippen LogP contribution in [-0.4, -0.2) is 28.3 Å². The summed E-state index contributed by atoms with van der Waals surface area (Å²) in [6, 6.07) is 13.3. The van der Waals surface area contributed by atoms with Gasteiger partial charge in [0.05, 0.1) is 0 Å². The molecule has 2 aromatic rings. The molecule has 19 heavy (non-hydrogen) atoms. The maximum absolute atomic E-state index is 6.19. The van der Waals surface area contributed by atoms with E-state index in [-0.39, 0.29) is 6.04 Å². The molecule has 0 saturated carbocycles. The molecular weight excluding hydrogens is 357 g/mol. The van der Waals surface area contributed by atoms with E-state index < -0.39 is 0 Å². The van der Waals surface area contributed by atoms with Gasteiger partial charge in [0.2, 0.25) is 0 Å². The van der Waals surface area contributed by atoms with Crippen molar-refractivity contribution in [1.82, 2.24) is 0 Å². The molecule has 0 aliphatic rings. The van der Waals surface area contributed by atoms with Crippen molar-refractivity contribution < 1.29 is 0 Å². The Labute approximate surface area is 133 Å². The zero-order valence-electron chi connectivity index (χ0n) is 11.5. The van der Waals surface area contributed by atoms with Gasteiger partial charge >= 0.3 is 134 Å². The molecule has 96 valence electrons. The zero-order valence-corrected chi connectivity index (χ0v) is 15.2. The molecule has 0 aliphatic heterocycles. The SMILES string of the molecule is CCSC([CH2][Sn+3])c1cc2ccccc2cc1C(C)N. The molecule has 0 radical (unpaired) electrons. The van der Waals surface area contributed by atoms with Crippen LogP contribution in [0.3, 0.4) is 0 Å². The van der Waals surface area contributed by atoms with E-state index in [1.165, 1.54) is 26.3 Å². The third kappa shape index (κ3) is 3.47. The molecule has 2 aromatic carbocycles. The van der Waals surface area contributed by atoms with Crippen LogP contribution < -0.4 is 5.73 Å². The van der Waals surface area contributed by atoms with Crippen molar-refractivity contribution in [2.45, 2.75) is 29.6 Å². The third-order valence-corrected chi connectivity index (χ3v) is 6.51. The fraction of sp³-hybridized carbons (Fsp3) is 0.375. The molecular formula is C16H20NSSn+3. The number of nitrogens with two attached hydrogens (primary N) is 1. The van der Waals surface area contributed by atoms with Crippen molar-refractivity contribution in [1.29, 1.82) is 0 Å². The van der Waals surface area contributed by atoms with Crippen molar-refractivity contribution in [2.75, 3.05) is 5.75 Å². The van der Waals surface area contributed by atoms with Gasteiger partial charge in [0.25, 0.3) is 0 Å². The fourth-order valence-corrected chi connectivity index (χ4v) is 4.95. The Morgan fingerprint density at radius 2 is 1.74 bits per heavy atom. The number of hydrogen-bond acceptors (Lipinski definition) is 2. The van der Waals surface area contributed by atoms with E-state index in [0.717, 1.165) is 5.75 Å². The Kier molecular flexibility index (Phi) is 5.60. The van der Waals surface area contributed by atoms with Gasteiger partial charge in [-0.2, -0.15) is 0 Å². The molecule has 0 saturated heterocycles. The van der Waals surface area contributed by atoms with Gasteiger partial charge < -0.3 is 0 Å². The van der Waals surface area contributed by atoms with Crippen LogP contribution in [0.1, 0.15) is 36.3 Å². The standard InChI is InChI=1S/C16H20NS.Sn/c1-4-18-12(3)16-10-14-8-6-5-7-13(14)9-15(16)11(2)17;/h5-12H,3-4,17H2,1-2H3;/q;+3. The first-order valence-electron chi connectivity index (χ1n) is 6.71. The van der Waals surface area contributed by atoms with Crippen molar-refractivity contribution in [2.24, 2.45) is 5.73 Å². The molecule has 2 rings (SSSR count). The molecule has 0 fully saturated rings. The molecule has 2 unspecified atom stereocenters. The molecule has 0 amide bonds. The van der Waals surface area contributed by atoms with E-state index in [2.05, 4.69) is 50.2 Å². The van der Waals surface area contributed by atoms with Crippen LogP contribution in [0.5, 0.6) is 0 Å². The van der Waals surface area contributed by atoms with Gasteiger partial charge in [-0.1, -0.05) is 0 Å². The van der Waals surface area contributed by atoms with Crippen LogP contribution in [0.25, 0.3) is 10.8 Å². The summed E-state index contributed by atoms with van der Waals surface area (Å²) in [6.07, 6.45) is 0. The van der Waals surface area contributed by atoms with E-state index in [9.17, 15) is 0 Å². The van der Waals surface area contributed by atoms with Gasteiger partial charge in [-0.25, -0.2) is 0 Å². The van der Waals surface area contributed by atoms with E-state index in [0.29, 0.717) is 5.25 Å². The number of rotatable bonds is 5. The maximum atomic E-state index is 6.19. The first-order chi connectivity index (χ1) is 9.17. The Morgan fingerprint density at radius 3 is 2.21 bits per heavy atom. The minimum absolute atomic E-state index is 0.0990. The van der Waals surface area contributed by atoms with Crippen LogP contribution in [-0.2, 0) is 0 Å². The van der Waals surface area contributed by atoms with Gasteiger partial charge in [0, 0.05) is 0 Å². The topological polar surface area (TPSA) is 26.0 Å². The summed E-state index contributed by atoms with van der Waals surface area (Å²) in [7, 11) is 0. The van der Waals surface area contributed by atoms with Crippen LogP contribution >= 0.6 is 11.8 Å². The Balaban J connectivity index is 2.58. The molecule has 1 nitrogen and oxygen atoms in total. The first-order valence-corrected chi connectivity index (χ1v) is 9.78. The summed E-state index contributed by atoms with van der Waals surface area (Å²) in [5.74, 6) is 1.16. The average Bonchev–Trinajstić information content (AvgIpc) is 2.43. The van der Waals surface area contributed by atoms with Gasteiger partial charge in [0.15, 0.2) is 0 Å². The number of thioether (sulfide) groups is 1. The second-order valence-electron chi connectivity index (χ2n) is 4.77. The van der Waals surface area contributed by atoms with Crippen LogP contribution in [0, 0.1) is 0 Å². The molecule has 0 heterocycles. The first kappa shape index (κ1) is 15.2. The summed E-state index contributed by atoms with van der Waals surface area (Å²) in [6.45, 7) is 4.32. The summed E-state index contributed by atoms with van der Waals surface area (Å²) in [4.78, 5) is 0. The van der Waals surface area contributed by atoms with Crippen molar-refractivity contribution in [3.05, 3.63) is 47.5 Å². The van der Waals surface area contributed by atoms with Crippen molar-refractivity contribution >= 4 is 45.1 Å². The second kappa shape index (κ2) is 7.00. The molecule has 2 N–H and O–H groups in total. The van der Waals surface area contributed by atoms with E-state index in [1.54, 1.807) is 22.5 Å². The summed E-state index contributed by atoms with van der Waals surface area (Å²) < 4.78 is 1.24. The van der Waals surface area contributed by atoms with Gasteiger partial charge in [-0.15, -0.1) is 0 Å². The van der Waals surface area contributed by atoms with Gasteiger partial charge in [-0.3, -0.25) is 0 Å². The number of benzene rings is 2. The Hall–Kier alpha value is -0.191. The molecule has 0 bridgehead atoms. The number of hydrogen-bond donors (Lipinski definition) is 1. The fourth-order valence-electron chi connectivity index (χ4n) is 2.41. The molecule has 0 aromatic heterocycles. The van der Waals surface area contributed by atoms with Gasteiger partial charge in [-0.05, 0) is 0 Å². The monoisotopic (exact) mass is 378 g/mol. The number of fused-ring (bicyclic) bond motifs is 1. The zero-order chi connectivity index (χ0) is 13.8. The summed E-state index contributed by atoms with van der Waals surface area (Å²) >= 11 is 3.63. The third-order valence-electron chi connectivity index (χ3n) is 3.34. The van der Waals surface area contributed by atoms with Crippen molar-refractivity contribution in [3.63, 3.8) is 0 Å². The molecule has 3 heteroatoms. The predicted molar refractivity (Wildman–Crippen MR) is 88.0 cm³/mol. The summed E-state index contributed by atoms with van der Waals surface area (Å²) in [5.41, 5.74) is 8.95. The van der Waals surface area contributed by atoms with E-state index in [1.807, 2.05) is 11.8 Å². The molecule has 2 atom stereocenters. The normalized spacial score (nSPS) is 14.6.